The Bertz CT molecular complexity index is 673. The third kappa shape index (κ3) is 3.53. The molecule has 92 valence electrons. The molecule has 0 spiro atoms. The molecule has 2 rings (SSSR count). The predicted molar refractivity (Wildman–Crippen MR) is 83.2 cm³/mol. The number of allylic oxidation sites excluding steroid dienone is 1. The lowest BCUT2D eigenvalue weighted by molar-refractivity contribution is 1.37. The maximum atomic E-state index is 8.61. The molecule has 1 aromatic heterocycles. The summed E-state index contributed by atoms with van der Waals surface area (Å²) in [6.45, 7) is 0. The van der Waals surface area contributed by atoms with Crippen LogP contribution < -0.4 is 5.32 Å². The van der Waals surface area contributed by atoms with Crippen LogP contribution in [-0.4, -0.2) is 4.98 Å². The number of benzene rings is 1. The standard InChI is InChI=1S/C13H7IN4S/c14-11-3-1-10(2-4-11)12-8-19-13(18-12)17-7-9(5-15)6-16/h1-4,7-8H,(H,17,18). The first-order valence-corrected chi connectivity index (χ1v) is 7.17. The van der Waals surface area contributed by atoms with Gasteiger partial charge in [-0.2, -0.15) is 10.5 Å². The Balaban J connectivity index is 2.16. The molecule has 0 aliphatic carbocycles. The number of halogens is 1. The van der Waals surface area contributed by atoms with Crippen molar-refractivity contribution in [2.45, 2.75) is 0 Å². The quantitative estimate of drug-likeness (QED) is 0.652. The Morgan fingerprint density at radius 1 is 1.26 bits per heavy atom. The molecule has 1 N–H and O–H groups in total. The second-order valence-corrected chi connectivity index (χ2v) is 5.57. The van der Waals surface area contributed by atoms with Crippen molar-refractivity contribution in [1.29, 1.82) is 10.5 Å². The lowest BCUT2D eigenvalue weighted by Gasteiger charge is -1.96. The lowest BCUT2D eigenvalue weighted by atomic mass is 10.2. The number of hydrogen-bond donors (Lipinski definition) is 1. The Kier molecular flexibility index (Phi) is 4.50. The van der Waals surface area contributed by atoms with Crippen LogP contribution in [-0.2, 0) is 0 Å². The van der Waals surface area contributed by atoms with E-state index in [1.54, 1.807) is 12.1 Å². The van der Waals surface area contributed by atoms with Gasteiger partial charge < -0.3 is 5.32 Å². The van der Waals surface area contributed by atoms with Gasteiger partial charge in [0.15, 0.2) is 5.13 Å². The van der Waals surface area contributed by atoms with Crippen LogP contribution in [0.5, 0.6) is 0 Å². The average molecular weight is 378 g/mol. The molecule has 0 atom stereocenters. The van der Waals surface area contributed by atoms with E-state index in [0.29, 0.717) is 5.13 Å². The number of nitrogens with zero attached hydrogens (tertiary/aromatic N) is 3. The van der Waals surface area contributed by atoms with Crippen molar-refractivity contribution in [2.75, 3.05) is 5.32 Å². The maximum Gasteiger partial charge on any atom is 0.187 e. The van der Waals surface area contributed by atoms with E-state index in [1.807, 2.05) is 29.6 Å². The second kappa shape index (κ2) is 6.32. The van der Waals surface area contributed by atoms with Gasteiger partial charge in [0.25, 0.3) is 0 Å². The molecule has 0 aliphatic rings. The van der Waals surface area contributed by atoms with Crippen LogP contribution >= 0.6 is 33.9 Å². The van der Waals surface area contributed by atoms with E-state index in [9.17, 15) is 0 Å². The highest BCUT2D eigenvalue weighted by Gasteiger charge is 2.03. The molecule has 1 aromatic carbocycles. The lowest BCUT2D eigenvalue weighted by Crippen LogP contribution is -1.89. The second-order valence-electron chi connectivity index (χ2n) is 3.47. The summed E-state index contributed by atoms with van der Waals surface area (Å²) in [6, 6.07) is 11.6. The van der Waals surface area contributed by atoms with Crippen LogP contribution in [0.4, 0.5) is 5.13 Å². The average Bonchev–Trinajstić information content (AvgIpc) is 2.89. The summed E-state index contributed by atoms with van der Waals surface area (Å²) < 4.78 is 1.17. The molecule has 1 heterocycles. The highest BCUT2D eigenvalue weighted by molar-refractivity contribution is 14.1. The van der Waals surface area contributed by atoms with Gasteiger partial charge in [-0.25, -0.2) is 4.98 Å². The zero-order chi connectivity index (χ0) is 13.7. The Morgan fingerprint density at radius 3 is 2.58 bits per heavy atom. The number of anilines is 1. The topological polar surface area (TPSA) is 72.5 Å². The molecule has 0 amide bonds. The normalized spacial score (nSPS) is 9.21. The van der Waals surface area contributed by atoms with E-state index < -0.39 is 0 Å². The summed E-state index contributed by atoms with van der Waals surface area (Å²) in [7, 11) is 0. The molecular formula is C13H7IN4S. The Morgan fingerprint density at radius 2 is 1.95 bits per heavy atom. The van der Waals surface area contributed by atoms with Crippen molar-refractivity contribution >= 4 is 39.1 Å². The van der Waals surface area contributed by atoms with Gasteiger partial charge >= 0.3 is 0 Å². The zero-order valence-corrected chi connectivity index (χ0v) is 12.6. The summed E-state index contributed by atoms with van der Waals surface area (Å²) in [5.41, 5.74) is 1.92. The first kappa shape index (κ1) is 13.5. The van der Waals surface area contributed by atoms with Gasteiger partial charge in [0.05, 0.1) is 5.69 Å². The molecule has 0 radical (unpaired) electrons. The smallest absolute Gasteiger partial charge is 0.187 e. The SMILES string of the molecule is N#CC(C#N)=CNc1nc(-c2ccc(I)cc2)cs1. The van der Waals surface area contributed by atoms with Crippen molar-refractivity contribution < 1.29 is 0 Å². The van der Waals surface area contributed by atoms with E-state index in [0.717, 1.165) is 11.3 Å². The summed E-state index contributed by atoms with van der Waals surface area (Å²) in [5.74, 6) is 0. The van der Waals surface area contributed by atoms with Crippen LogP contribution in [0.1, 0.15) is 0 Å². The number of thiazole rings is 1. The van der Waals surface area contributed by atoms with Crippen LogP contribution in [0.2, 0.25) is 0 Å². The molecular weight excluding hydrogens is 371 g/mol. The molecule has 2 aromatic rings. The van der Waals surface area contributed by atoms with Crippen molar-refractivity contribution in [3.8, 4) is 23.4 Å². The van der Waals surface area contributed by atoms with Crippen molar-refractivity contribution in [2.24, 2.45) is 0 Å². The van der Waals surface area contributed by atoms with Crippen molar-refractivity contribution in [3.05, 3.63) is 45.0 Å². The Hall–Kier alpha value is -1.90. The van der Waals surface area contributed by atoms with Crippen molar-refractivity contribution in [3.63, 3.8) is 0 Å². The van der Waals surface area contributed by atoms with Crippen LogP contribution in [0, 0.1) is 26.2 Å². The fourth-order valence-electron chi connectivity index (χ4n) is 1.32. The van der Waals surface area contributed by atoms with Gasteiger partial charge in [-0.05, 0) is 34.7 Å². The van der Waals surface area contributed by atoms with E-state index in [1.165, 1.54) is 21.1 Å². The highest BCUT2D eigenvalue weighted by atomic mass is 127. The largest absolute Gasteiger partial charge is 0.336 e. The molecule has 0 saturated heterocycles. The number of aromatic nitrogens is 1. The monoisotopic (exact) mass is 378 g/mol. The summed E-state index contributed by atoms with van der Waals surface area (Å²) >= 11 is 3.67. The fourth-order valence-corrected chi connectivity index (χ4v) is 2.37. The molecule has 0 fully saturated rings. The number of nitriles is 2. The molecule has 0 saturated carbocycles. The third-order valence-corrected chi connectivity index (χ3v) is 3.72. The molecule has 6 heteroatoms. The Labute approximate surface area is 128 Å². The van der Waals surface area contributed by atoms with E-state index >= 15 is 0 Å². The van der Waals surface area contributed by atoms with Crippen molar-refractivity contribution in [1.82, 2.24) is 4.98 Å². The first-order chi connectivity index (χ1) is 9.22. The number of nitrogens with one attached hydrogen (secondary N) is 1. The van der Waals surface area contributed by atoms with E-state index in [2.05, 4.69) is 32.9 Å². The van der Waals surface area contributed by atoms with Crippen LogP contribution in [0.25, 0.3) is 11.3 Å². The van der Waals surface area contributed by atoms with Crippen LogP contribution in [0.3, 0.4) is 0 Å². The molecule has 4 nitrogen and oxygen atoms in total. The minimum absolute atomic E-state index is 0.0195. The van der Waals surface area contributed by atoms with E-state index in [-0.39, 0.29) is 5.57 Å². The molecule has 0 unspecified atom stereocenters. The predicted octanol–water partition coefficient (Wildman–Crippen LogP) is 3.76. The zero-order valence-electron chi connectivity index (χ0n) is 9.59. The molecule has 19 heavy (non-hydrogen) atoms. The molecule has 0 aliphatic heterocycles. The van der Waals surface area contributed by atoms with Gasteiger partial charge in [0.1, 0.15) is 17.7 Å². The summed E-state index contributed by atoms with van der Waals surface area (Å²) in [6.07, 6.45) is 1.36. The van der Waals surface area contributed by atoms with Gasteiger partial charge in [0.2, 0.25) is 0 Å². The minimum Gasteiger partial charge on any atom is -0.336 e. The first-order valence-electron chi connectivity index (χ1n) is 5.21. The maximum absolute atomic E-state index is 8.61. The van der Waals surface area contributed by atoms with Gasteiger partial charge in [-0.1, -0.05) is 12.1 Å². The number of rotatable bonds is 3. The highest BCUT2D eigenvalue weighted by Crippen LogP contribution is 2.25. The van der Waals surface area contributed by atoms with Crippen LogP contribution in [0.15, 0.2) is 41.4 Å². The summed E-state index contributed by atoms with van der Waals surface area (Å²) in [5, 5.41) is 22.7. The van der Waals surface area contributed by atoms with Gasteiger partial charge in [-0.3, -0.25) is 0 Å². The van der Waals surface area contributed by atoms with Gasteiger partial charge in [-0.15, -0.1) is 11.3 Å². The minimum atomic E-state index is 0.0195. The molecule has 0 bridgehead atoms. The van der Waals surface area contributed by atoms with Gasteiger partial charge in [0, 0.05) is 20.7 Å². The third-order valence-electron chi connectivity index (χ3n) is 2.23. The summed E-state index contributed by atoms with van der Waals surface area (Å²) in [4.78, 5) is 4.39. The van der Waals surface area contributed by atoms with E-state index in [4.69, 9.17) is 10.5 Å². The fraction of sp³-hybridized carbons (Fsp3) is 0. The number of hydrogen-bond acceptors (Lipinski definition) is 5.